The topological polar surface area (TPSA) is 54.2 Å². The van der Waals surface area contributed by atoms with Gasteiger partial charge < -0.3 is 5.43 Å². The minimum Gasteiger partial charge on any atom is -0.308 e. The van der Waals surface area contributed by atoms with Crippen molar-refractivity contribution in [2.75, 3.05) is 18.5 Å². The summed E-state index contributed by atoms with van der Waals surface area (Å²) >= 11 is 0. The normalized spacial score (nSPS) is 19.2. The molecule has 1 aromatic rings. The van der Waals surface area contributed by atoms with Gasteiger partial charge in [-0.05, 0) is 49.1 Å². The van der Waals surface area contributed by atoms with Crippen LogP contribution in [0.5, 0.6) is 0 Å². The van der Waals surface area contributed by atoms with Gasteiger partial charge in [0.15, 0.2) is 0 Å². The lowest BCUT2D eigenvalue weighted by molar-refractivity contribution is 0.244. The standard InChI is InChI=1S/C14H22N4/c15-17-14-6-5-13(7-16-14)10-18(8-11-1-2-11)9-12-3-4-12/h5-7,11-12H,1-4,8-10,15H2,(H,16,17). The van der Waals surface area contributed by atoms with Gasteiger partial charge >= 0.3 is 0 Å². The molecule has 4 heteroatoms. The highest BCUT2D eigenvalue weighted by molar-refractivity contribution is 5.33. The summed E-state index contributed by atoms with van der Waals surface area (Å²) in [5, 5.41) is 0. The quantitative estimate of drug-likeness (QED) is 0.570. The Balaban J connectivity index is 1.58. The number of aromatic nitrogens is 1. The number of rotatable bonds is 7. The fourth-order valence-corrected chi connectivity index (χ4v) is 2.40. The highest BCUT2D eigenvalue weighted by Gasteiger charge is 2.29. The molecule has 0 aromatic carbocycles. The molecule has 3 N–H and O–H groups in total. The van der Waals surface area contributed by atoms with E-state index in [1.165, 1.54) is 44.3 Å². The number of hydrazine groups is 1. The van der Waals surface area contributed by atoms with E-state index in [0.717, 1.165) is 24.2 Å². The van der Waals surface area contributed by atoms with Crippen LogP contribution in [0.25, 0.3) is 0 Å². The van der Waals surface area contributed by atoms with Crippen molar-refractivity contribution in [1.29, 1.82) is 0 Å². The van der Waals surface area contributed by atoms with Crippen LogP contribution < -0.4 is 11.3 Å². The molecular weight excluding hydrogens is 224 g/mol. The van der Waals surface area contributed by atoms with Gasteiger partial charge in [0.1, 0.15) is 5.82 Å². The maximum absolute atomic E-state index is 5.33. The Morgan fingerprint density at radius 2 is 1.83 bits per heavy atom. The van der Waals surface area contributed by atoms with Gasteiger partial charge in [0.25, 0.3) is 0 Å². The first-order valence-electron chi connectivity index (χ1n) is 6.97. The molecule has 2 fully saturated rings. The second-order valence-electron chi connectivity index (χ2n) is 5.78. The minimum atomic E-state index is 0.731. The third-order valence-corrected chi connectivity index (χ3v) is 3.81. The number of nitrogens with zero attached hydrogens (tertiary/aromatic N) is 2. The highest BCUT2D eigenvalue weighted by Crippen LogP contribution is 2.34. The van der Waals surface area contributed by atoms with Crippen molar-refractivity contribution in [3.8, 4) is 0 Å². The molecule has 2 saturated carbocycles. The average Bonchev–Trinajstić information content (AvgIpc) is 3.26. The summed E-state index contributed by atoms with van der Waals surface area (Å²) < 4.78 is 0. The summed E-state index contributed by atoms with van der Waals surface area (Å²) in [5.41, 5.74) is 3.85. The van der Waals surface area contributed by atoms with E-state index in [9.17, 15) is 0 Å². The Hall–Kier alpha value is -1.13. The van der Waals surface area contributed by atoms with E-state index in [-0.39, 0.29) is 0 Å². The van der Waals surface area contributed by atoms with Crippen LogP contribution in [-0.2, 0) is 6.54 Å². The van der Waals surface area contributed by atoms with Crippen LogP contribution in [0.4, 0.5) is 5.82 Å². The summed E-state index contributed by atoms with van der Waals surface area (Å²) in [6.07, 6.45) is 7.64. The van der Waals surface area contributed by atoms with E-state index in [4.69, 9.17) is 5.84 Å². The Kier molecular flexibility index (Phi) is 3.48. The predicted octanol–water partition coefficient (Wildman–Crippen LogP) is 1.99. The van der Waals surface area contributed by atoms with Crippen molar-refractivity contribution in [2.45, 2.75) is 32.2 Å². The van der Waals surface area contributed by atoms with E-state index in [1.54, 1.807) is 0 Å². The summed E-state index contributed by atoms with van der Waals surface area (Å²) in [6.45, 7) is 3.58. The summed E-state index contributed by atoms with van der Waals surface area (Å²) in [7, 11) is 0. The van der Waals surface area contributed by atoms with Crippen molar-refractivity contribution < 1.29 is 0 Å². The van der Waals surface area contributed by atoms with E-state index < -0.39 is 0 Å². The van der Waals surface area contributed by atoms with E-state index in [2.05, 4.69) is 21.4 Å². The van der Waals surface area contributed by atoms with Crippen molar-refractivity contribution in [2.24, 2.45) is 17.7 Å². The largest absolute Gasteiger partial charge is 0.308 e. The van der Waals surface area contributed by atoms with Gasteiger partial charge in [0, 0.05) is 25.8 Å². The predicted molar refractivity (Wildman–Crippen MR) is 72.8 cm³/mol. The highest BCUT2D eigenvalue weighted by atomic mass is 15.2. The number of pyridine rings is 1. The zero-order valence-electron chi connectivity index (χ0n) is 10.8. The zero-order valence-corrected chi connectivity index (χ0v) is 10.8. The molecule has 0 radical (unpaired) electrons. The fourth-order valence-electron chi connectivity index (χ4n) is 2.40. The first-order chi connectivity index (χ1) is 8.83. The van der Waals surface area contributed by atoms with Crippen LogP contribution in [0.3, 0.4) is 0 Å². The molecule has 2 aliphatic rings. The van der Waals surface area contributed by atoms with Crippen LogP contribution in [0.2, 0.25) is 0 Å². The van der Waals surface area contributed by atoms with E-state index in [0.29, 0.717) is 0 Å². The monoisotopic (exact) mass is 246 g/mol. The number of nitrogens with two attached hydrogens (primary N) is 1. The Labute approximate surface area is 109 Å². The molecule has 0 saturated heterocycles. The van der Waals surface area contributed by atoms with Crippen LogP contribution in [-0.4, -0.2) is 23.0 Å². The van der Waals surface area contributed by atoms with Gasteiger partial charge in [0.05, 0.1) is 0 Å². The van der Waals surface area contributed by atoms with Crippen LogP contribution in [0.1, 0.15) is 31.2 Å². The van der Waals surface area contributed by atoms with Gasteiger partial charge in [-0.1, -0.05) is 6.07 Å². The fraction of sp³-hybridized carbons (Fsp3) is 0.643. The lowest BCUT2D eigenvalue weighted by atomic mass is 10.2. The van der Waals surface area contributed by atoms with Crippen LogP contribution in [0, 0.1) is 11.8 Å². The molecule has 0 spiro atoms. The number of hydrogen-bond donors (Lipinski definition) is 2. The van der Waals surface area contributed by atoms with Crippen molar-refractivity contribution in [3.05, 3.63) is 23.9 Å². The van der Waals surface area contributed by atoms with E-state index >= 15 is 0 Å². The molecule has 0 aliphatic heterocycles. The zero-order chi connectivity index (χ0) is 12.4. The second kappa shape index (κ2) is 5.24. The molecule has 2 aliphatic carbocycles. The van der Waals surface area contributed by atoms with Crippen LogP contribution in [0.15, 0.2) is 18.3 Å². The lowest BCUT2D eigenvalue weighted by Gasteiger charge is -2.22. The third kappa shape index (κ3) is 3.43. The molecule has 1 heterocycles. The van der Waals surface area contributed by atoms with Crippen molar-refractivity contribution >= 4 is 5.82 Å². The summed E-state index contributed by atoms with van der Waals surface area (Å²) in [6, 6.07) is 4.07. The second-order valence-corrected chi connectivity index (χ2v) is 5.78. The molecule has 4 nitrogen and oxygen atoms in total. The van der Waals surface area contributed by atoms with Gasteiger partial charge in [-0.15, -0.1) is 0 Å². The molecule has 0 bridgehead atoms. The van der Waals surface area contributed by atoms with Gasteiger partial charge in [-0.25, -0.2) is 10.8 Å². The smallest absolute Gasteiger partial charge is 0.139 e. The molecule has 1 aromatic heterocycles. The van der Waals surface area contributed by atoms with Gasteiger partial charge in [0.2, 0.25) is 0 Å². The molecular formula is C14H22N4. The third-order valence-electron chi connectivity index (χ3n) is 3.81. The first kappa shape index (κ1) is 11.9. The molecule has 18 heavy (non-hydrogen) atoms. The maximum atomic E-state index is 5.33. The Bertz CT molecular complexity index is 367. The van der Waals surface area contributed by atoms with Crippen LogP contribution >= 0.6 is 0 Å². The van der Waals surface area contributed by atoms with E-state index in [1.807, 2.05) is 12.3 Å². The molecule has 0 amide bonds. The SMILES string of the molecule is NNc1ccc(CN(CC2CC2)CC2CC2)cn1. The molecule has 98 valence electrons. The number of anilines is 1. The summed E-state index contributed by atoms with van der Waals surface area (Å²) in [5.74, 6) is 7.98. The lowest BCUT2D eigenvalue weighted by Crippen LogP contribution is -2.28. The number of nitrogens with one attached hydrogen (secondary N) is 1. The van der Waals surface area contributed by atoms with Gasteiger partial charge in [-0.2, -0.15) is 0 Å². The minimum absolute atomic E-state index is 0.731. The first-order valence-corrected chi connectivity index (χ1v) is 6.97. The van der Waals surface area contributed by atoms with Crippen molar-refractivity contribution in [3.63, 3.8) is 0 Å². The molecule has 3 rings (SSSR count). The number of hydrogen-bond acceptors (Lipinski definition) is 4. The van der Waals surface area contributed by atoms with Gasteiger partial charge in [-0.3, -0.25) is 4.90 Å². The Morgan fingerprint density at radius 3 is 2.28 bits per heavy atom. The average molecular weight is 246 g/mol. The molecule has 0 unspecified atom stereocenters. The molecule has 0 atom stereocenters. The maximum Gasteiger partial charge on any atom is 0.139 e. The van der Waals surface area contributed by atoms with Crippen molar-refractivity contribution in [1.82, 2.24) is 9.88 Å². The summed E-state index contributed by atoms with van der Waals surface area (Å²) in [4.78, 5) is 6.89. The Morgan fingerprint density at radius 1 is 1.17 bits per heavy atom. The number of nitrogen functional groups attached to an aromatic ring is 1.